The first kappa shape index (κ1) is 36.9. The third-order valence-electron chi connectivity index (χ3n) is 12.0. The van der Waals surface area contributed by atoms with Crippen molar-refractivity contribution in [2.45, 2.75) is 58.5 Å². The second-order valence-electron chi connectivity index (χ2n) is 18.4. The number of hydrogen-bond acceptors (Lipinski definition) is 2. The van der Waals surface area contributed by atoms with Gasteiger partial charge in [-0.1, -0.05) is 136 Å². The van der Waals surface area contributed by atoms with Gasteiger partial charge in [-0.3, -0.25) is 0 Å². The van der Waals surface area contributed by atoms with E-state index in [9.17, 15) is 0 Å². The average Bonchev–Trinajstić information content (AvgIpc) is 3.41. The molecule has 0 atom stereocenters. The molecular formula is C53H52N2Si2. The highest BCUT2D eigenvalue weighted by molar-refractivity contribution is 6.89. The second-order valence-corrected chi connectivity index (χ2v) is 28.6. The van der Waals surface area contributed by atoms with Crippen LogP contribution in [0.1, 0.15) is 25.0 Å². The van der Waals surface area contributed by atoms with Gasteiger partial charge in [0.1, 0.15) is 0 Å². The summed E-state index contributed by atoms with van der Waals surface area (Å²) in [5.41, 5.74) is 12.4. The van der Waals surface area contributed by atoms with Gasteiger partial charge in [0.2, 0.25) is 0 Å². The Balaban J connectivity index is 1.14. The van der Waals surface area contributed by atoms with Crippen molar-refractivity contribution in [3.05, 3.63) is 181 Å². The quantitative estimate of drug-likeness (QED) is 0.142. The van der Waals surface area contributed by atoms with Gasteiger partial charge in [-0.25, -0.2) is 0 Å². The van der Waals surface area contributed by atoms with Crippen molar-refractivity contribution in [3.63, 3.8) is 0 Å². The summed E-state index contributed by atoms with van der Waals surface area (Å²) in [7, 11) is -3.02. The molecule has 0 fully saturated rings. The fourth-order valence-electron chi connectivity index (χ4n) is 8.74. The van der Waals surface area contributed by atoms with E-state index in [4.69, 9.17) is 0 Å². The summed E-state index contributed by atoms with van der Waals surface area (Å²) in [4.78, 5) is 4.83. The number of anilines is 6. The molecule has 0 amide bonds. The third-order valence-corrected chi connectivity index (χ3v) is 16.1. The molecule has 0 saturated carbocycles. The van der Waals surface area contributed by atoms with E-state index in [0.29, 0.717) is 0 Å². The van der Waals surface area contributed by atoms with Crippen LogP contribution in [0.4, 0.5) is 34.1 Å². The number of hydrogen-bond donors (Lipinski definition) is 0. The van der Waals surface area contributed by atoms with Crippen molar-refractivity contribution in [2.24, 2.45) is 0 Å². The van der Waals surface area contributed by atoms with Crippen molar-refractivity contribution >= 4 is 82.2 Å². The average molecular weight is 773 g/mol. The van der Waals surface area contributed by atoms with E-state index in [2.05, 4.69) is 233 Å². The third kappa shape index (κ3) is 6.71. The van der Waals surface area contributed by atoms with Gasteiger partial charge in [-0.15, -0.1) is 0 Å². The summed E-state index contributed by atoms with van der Waals surface area (Å²) in [5.74, 6) is 0. The van der Waals surface area contributed by atoms with Crippen molar-refractivity contribution < 1.29 is 0 Å². The number of nitrogens with zero attached hydrogens (tertiary/aromatic N) is 2. The van der Waals surface area contributed by atoms with Gasteiger partial charge in [0.15, 0.2) is 0 Å². The minimum Gasteiger partial charge on any atom is -0.310 e. The smallest absolute Gasteiger partial charge is 0.0776 e. The zero-order chi connectivity index (χ0) is 39.7. The molecule has 2 nitrogen and oxygen atoms in total. The summed E-state index contributed by atoms with van der Waals surface area (Å²) in [6.45, 7) is 19.3. The second kappa shape index (κ2) is 13.8. The molecule has 0 heterocycles. The zero-order valence-electron chi connectivity index (χ0n) is 34.6. The van der Waals surface area contributed by atoms with Gasteiger partial charge >= 0.3 is 0 Å². The van der Waals surface area contributed by atoms with Gasteiger partial charge in [-0.2, -0.15) is 0 Å². The van der Waals surface area contributed by atoms with E-state index < -0.39 is 16.1 Å². The highest BCUT2D eigenvalue weighted by Crippen LogP contribution is 2.52. The van der Waals surface area contributed by atoms with Crippen molar-refractivity contribution in [3.8, 4) is 11.1 Å². The predicted molar refractivity (Wildman–Crippen MR) is 254 cm³/mol. The lowest BCUT2D eigenvalue weighted by molar-refractivity contribution is 0.662. The summed E-state index contributed by atoms with van der Waals surface area (Å²) < 4.78 is 0. The molecule has 8 aromatic carbocycles. The summed E-state index contributed by atoms with van der Waals surface area (Å²) >= 11 is 0. The molecule has 0 aromatic heterocycles. The van der Waals surface area contributed by atoms with Crippen LogP contribution in [-0.4, -0.2) is 16.1 Å². The molecule has 1 aliphatic carbocycles. The van der Waals surface area contributed by atoms with Gasteiger partial charge in [0.25, 0.3) is 0 Å². The Morgan fingerprint density at radius 3 is 1.09 bits per heavy atom. The van der Waals surface area contributed by atoms with E-state index >= 15 is 0 Å². The summed E-state index contributed by atoms with van der Waals surface area (Å²) in [6.07, 6.45) is 0. The molecule has 282 valence electrons. The van der Waals surface area contributed by atoms with Gasteiger partial charge in [0.05, 0.1) is 16.1 Å². The van der Waals surface area contributed by atoms with E-state index in [-0.39, 0.29) is 5.41 Å². The SMILES string of the molecule is CC1(C)c2cc3cc(N(c4ccccc4)c4cccc([Si](C)(C)C)c4)ccc3cc2-c2cc3ccc(N(c4ccccc4)c4cccc([Si](C)(C)C)c4)cc3cc21. The van der Waals surface area contributed by atoms with Crippen LogP contribution < -0.4 is 20.2 Å². The Labute approximate surface area is 341 Å². The number of fused-ring (bicyclic) bond motifs is 5. The van der Waals surface area contributed by atoms with Crippen LogP contribution in [-0.2, 0) is 5.41 Å². The maximum atomic E-state index is 2.47. The van der Waals surface area contributed by atoms with Crippen LogP contribution in [0.25, 0.3) is 32.7 Å². The maximum Gasteiger partial charge on any atom is 0.0776 e. The van der Waals surface area contributed by atoms with Crippen LogP contribution >= 0.6 is 0 Å². The van der Waals surface area contributed by atoms with E-state index in [0.717, 1.165) is 0 Å². The Morgan fingerprint density at radius 2 is 0.702 bits per heavy atom. The van der Waals surface area contributed by atoms with Gasteiger partial charge in [-0.05, 0) is 141 Å². The molecular weight excluding hydrogens is 721 g/mol. The number of rotatable bonds is 8. The fraction of sp³-hybridized carbons (Fsp3) is 0.170. The Kier molecular flexibility index (Phi) is 8.91. The largest absolute Gasteiger partial charge is 0.310 e. The molecule has 8 aromatic rings. The summed E-state index contributed by atoms with van der Waals surface area (Å²) in [6, 6.07) is 63.8. The van der Waals surface area contributed by atoms with E-state index in [1.807, 2.05) is 0 Å². The minimum absolute atomic E-state index is 0.158. The predicted octanol–water partition coefficient (Wildman–Crippen LogP) is 14.3. The topological polar surface area (TPSA) is 6.48 Å². The Bertz CT molecular complexity index is 2600. The standard InChI is InChI=1S/C53H52N2Si2/c1-53(2)51-33-39-29-45(54(41-17-11-9-12-18-41)43-21-15-23-47(35-43)56(3,4)5)27-25-37(39)31-49(51)50-32-38-26-28-46(30-40(38)34-52(50)53)55(42-19-13-10-14-20-42)44-22-16-24-48(36-44)57(6,7)8/h9-36H,1-8H3. The maximum absolute atomic E-state index is 2.47. The summed E-state index contributed by atoms with van der Waals surface area (Å²) in [5, 5.41) is 7.98. The highest BCUT2D eigenvalue weighted by Gasteiger charge is 2.36. The first-order valence-electron chi connectivity index (χ1n) is 20.3. The van der Waals surface area contributed by atoms with Crippen LogP contribution in [0.5, 0.6) is 0 Å². The molecule has 0 unspecified atom stereocenters. The Hall–Kier alpha value is -5.69. The first-order valence-corrected chi connectivity index (χ1v) is 27.3. The zero-order valence-corrected chi connectivity index (χ0v) is 36.6. The molecule has 57 heavy (non-hydrogen) atoms. The van der Waals surface area contributed by atoms with E-state index in [1.54, 1.807) is 0 Å². The lowest BCUT2D eigenvalue weighted by Crippen LogP contribution is -2.37. The monoisotopic (exact) mass is 772 g/mol. The molecule has 0 N–H and O–H groups in total. The van der Waals surface area contributed by atoms with Crippen LogP contribution in [0.2, 0.25) is 39.3 Å². The normalized spacial score (nSPS) is 13.4. The lowest BCUT2D eigenvalue weighted by Gasteiger charge is -2.28. The molecule has 0 aliphatic heterocycles. The minimum atomic E-state index is -1.51. The molecule has 9 rings (SSSR count). The Morgan fingerprint density at radius 1 is 0.333 bits per heavy atom. The molecule has 0 radical (unpaired) electrons. The van der Waals surface area contributed by atoms with Gasteiger partial charge < -0.3 is 9.80 Å². The van der Waals surface area contributed by atoms with E-state index in [1.165, 1.54) is 88.3 Å². The first-order chi connectivity index (χ1) is 27.3. The molecule has 0 saturated heterocycles. The molecule has 0 spiro atoms. The number of benzene rings is 8. The molecule has 1 aliphatic rings. The fourth-order valence-corrected chi connectivity index (χ4v) is 11.1. The lowest BCUT2D eigenvalue weighted by atomic mass is 9.81. The van der Waals surface area contributed by atoms with Crippen LogP contribution in [0.15, 0.2) is 170 Å². The number of para-hydroxylation sites is 2. The molecule has 4 heteroatoms. The van der Waals surface area contributed by atoms with Crippen LogP contribution in [0, 0.1) is 0 Å². The van der Waals surface area contributed by atoms with Crippen molar-refractivity contribution in [1.82, 2.24) is 0 Å². The van der Waals surface area contributed by atoms with Crippen molar-refractivity contribution in [1.29, 1.82) is 0 Å². The van der Waals surface area contributed by atoms with Crippen LogP contribution in [0.3, 0.4) is 0 Å². The highest BCUT2D eigenvalue weighted by atomic mass is 28.3. The molecule has 0 bridgehead atoms. The van der Waals surface area contributed by atoms with Crippen molar-refractivity contribution in [2.75, 3.05) is 9.80 Å². The van der Waals surface area contributed by atoms with Gasteiger partial charge in [0, 0.05) is 39.5 Å².